The van der Waals surface area contributed by atoms with E-state index in [0.717, 1.165) is 0 Å². The quantitative estimate of drug-likeness (QED) is 0.644. The molecule has 0 spiro atoms. The van der Waals surface area contributed by atoms with E-state index in [9.17, 15) is 4.21 Å². The number of para-hydroxylation sites is 1. The smallest absolute Gasteiger partial charge is 0.242 e. The van der Waals surface area contributed by atoms with Crippen LogP contribution in [0.2, 0.25) is 0 Å². The first-order valence-electron chi connectivity index (χ1n) is 3.97. The van der Waals surface area contributed by atoms with Crippen LogP contribution in [-0.4, -0.2) is 13.7 Å². The van der Waals surface area contributed by atoms with Gasteiger partial charge in [0.15, 0.2) is 11.1 Å². The van der Waals surface area contributed by atoms with Crippen molar-refractivity contribution in [3.05, 3.63) is 23.2 Å². The van der Waals surface area contributed by atoms with Crippen LogP contribution in [0.5, 0.6) is 0 Å². The predicted octanol–water partition coefficient (Wildman–Crippen LogP) is 3.70. The highest BCUT2D eigenvalue weighted by Gasteiger charge is 2.28. The number of benzene rings is 1. The van der Waals surface area contributed by atoms with Gasteiger partial charge in [0.2, 0.25) is 3.79 Å². The highest BCUT2D eigenvalue weighted by Crippen LogP contribution is 2.42. The predicted molar refractivity (Wildman–Crippen MR) is 67.9 cm³/mol. The number of thiazole rings is 1. The third-order valence-corrected chi connectivity index (χ3v) is 4.53. The van der Waals surface area contributed by atoms with Gasteiger partial charge in [-0.1, -0.05) is 40.9 Å². The Morgan fingerprint density at radius 2 is 2.06 bits per heavy atom. The van der Waals surface area contributed by atoms with Gasteiger partial charge in [0.25, 0.3) is 0 Å². The number of nitrogens with zero attached hydrogens (tertiary/aromatic N) is 1. The van der Waals surface area contributed by atoms with E-state index < -0.39 is 14.9 Å². The van der Waals surface area contributed by atoms with Gasteiger partial charge in [-0.25, -0.2) is 9.19 Å². The maximum absolute atomic E-state index is 11.1. The third-order valence-electron chi connectivity index (χ3n) is 1.81. The maximum atomic E-state index is 11.1. The summed E-state index contributed by atoms with van der Waals surface area (Å²) in [4.78, 5) is 4.29. The summed E-state index contributed by atoms with van der Waals surface area (Å²) < 4.78 is 19.2. The van der Waals surface area contributed by atoms with Gasteiger partial charge in [0, 0.05) is 0 Å². The average Bonchev–Trinajstić information content (AvgIpc) is 2.59. The van der Waals surface area contributed by atoms with Gasteiger partial charge < -0.3 is 4.55 Å². The van der Waals surface area contributed by atoms with Crippen molar-refractivity contribution in [1.82, 2.24) is 4.98 Å². The number of aromatic nitrogens is 1. The monoisotopic (exact) mass is 315 g/mol. The maximum Gasteiger partial charge on any atom is 0.242 e. The van der Waals surface area contributed by atoms with E-state index in [1.54, 1.807) is 12.1 Å². The summed E-state index contributed by atoms with van der Waals surface area (Å²) in [6.45, 7) is 0. The molecule has 16 heavy (non-hydrogen) atoms. The molecule has 86 valence electrons. The van der Waals surface area contributed by atoms with Crippen LogP contribution in [0, 0.1) is 0 Å². The Morgan fingerprint density at radius 3 is 2.62 bits per heavy atom. The summed E-state index contributed by atoms with van der Waals surface area (Å²) in [6, 6.07) is 4.93. The van der Waals surface area contributed by atoms with Crippen molar-refractivity contribution in [2.45, 2.75) is 8.69 Å². The normalized spacial score (nSPS) is 14.2. The first-order valence-corrected chi connectivity index (χ1v) is 7.03. The van der Waals surface area contributed by atoms with Crippen LogP contribution in [0.3, 0.4) is 0 Å². The lowest BCUT2D eigenvalue weighted by molar-refractivity contribution is 0.565. The molecule has 0 radical (unpaired) electrons. The Labute approximate surface area is 113 Å². The Bertz CT molecular complexity index is 564. The molecule has 1 heterocycles. The second kappa shape index (κ2) is 4.40. The summed E-state index contributed by atoms with van der Waals surface area (Å²) in [5.74, 6) is 0. The highest BCUT2D eigenvalue weighted by molar-refractivity contribution is 7.79. The van der Waals surface area contributed by atoms with Gasteiger partial charge in [-0.05, 0) is 12.1 Å². The summed E-state index contributed by atoms with van der Waals surface area (Å²) in [5, 5.41) is 0.283. The second-order valence-electron chi connectivity index (χ2n) is 2.87. The largest absolute Gasteiger partial charge is 0.302 e. The van der Waals surface area contributed by atoms with E-state index in [0.29, 0.717) is 10.2 Å². The zero-order chi connectivity index (χ0) is 11.9. The highest BCUT2D eigenvalue weighted by atomic mass is 35.6. The molecule has 0 aliphatic carbocycles. The van der Waals surface area contributed by atoms with E-state index in [1.165, 1.54) is 17.4 Å². The van der Waals surface area contributed by atoms with E-state index in [2.05, 4.69) is 4.98 Å². The molecular weight excluding hydrogens is 313 g/mol. The number of fused-ring (bicyclic) bond motifs is 1. The molecule has 1 unspecified atom stereocenters. The minimum Gasteiger partial charge on any atom is -0.302 e. The van der Waals surface area contributed by atoms with Crippen molar-refractivity contribution in [2.24, 2.45) is 0 Å². The average molecular weight is 317 g/mol. The molecule has 3 nitrogen and oxygen atoms in total. The molecule has 1 aromatic carbocycles. The number of rotatable bonds is 1. The fourth-order valence-corrected chi connectivity index (χ4v) is 3.10. The molecule has 8 heteroatoms. The van der Waals surface area contributed by atoms with Gasteiger partial charge in [-0.3, -0.25) is 0 Å². The summed E-state index contributed by atoms with van der Waals surface area (Å²) in [7, 11) is 0. The molecule has 1 N–H and O–H groups in total. The van der Waals surface area contributed by atoms with Crippen molar-refractivity contribution in [1.29, 1.82) is 0 Å². The standard InChI is InChI=1S/C8H4Cl3NO2S2/c9-8(10,11)7-12-6-4(15-7)2-1-3-5(6)16(13)14/h1-3H,(H,13,14). The van der Waals surface area contributed by atoms with Crippen molar-refractivity contribution in [3.8, 4) is 0 Å². The summed E-state index contributed by atoms with van der Waals surface area (Å²) >= 11 is 16.2. The first kappa shape index (κ1) is 12.5. The molecule has 0 aliphatic heterocycles. The minimum absolute atomic E-state index is 0.217. The Kier molecular flexibility index (Phi) is 3.45. The van der Waals surface area contributed by atoms with Gasteiger partial charge in [-0.2, -0.15) is 0 Å². The molecular formula is C8H4Cl3NO2S2. The van der Waals surface area contributed by atoms with E-state index in [1.807, 2.05) is 0 Å². The van der Waals surface area contributed by atoms with Gasteiger partial charge in [0.05, 0.1) is 9.60 Å². The number of halogens is 3. The molecule has 0 saturated heterocycles. The van der Waals surface area contributed by atoms with Crippen molar-refractivity contribution < 1.29 is 8.76 Å². The Morgan fingerprint density at radius 1 is 1.38 bits per heavy atom. The number of alkyl halides is 3. The molecule has 0 fully saturated rings. The van der Waals surface area contributed by atoms with Crippen LogP contribution in [0.25, 0.3) is 10.2 Å². The van der Waals surface area contributed by atoms with Crippen LogP contribution in [-0.2, 0) is 14.9 Å². The van der Waals surface area contributed by atoms with Crippen LogP contribution in [0.4, 0.5) is 0 Å². The topological polar surface area (TPSA) is 50.2 Å². The van der Waals surface area contributed by atoms with Crippen LogP contribution >= 0.6 is 46.1 Å². The molecule has 1 aromatic heterocycles. The zero-order valence-corrected chi connectivity index (χ0v) is 11.4. The fourth-order valence-electron chi connectivity index (χ4n) is 1.19. The van der Waals surface area contributed by atoms with Gasteiger partial charge in [0.1, 0.15) is 10.5 Å². The van der Waals surface area contributed by atoms with Gasteiger partial charge in [-0.15, -0.1) is 11.3 Å². The van der Waals surface area contributed by atoms with E-state index >= 15 is 0 Å². The molecule has 0 bridgehead atoms. The van der Waals surface area contributed by atoms with Crippen molar-refractivity contribution in [2.75, 3.05) is 0 Å². The fraction of sp³-hybridized carbons (Fsp3) is 0.125. The summed E-state index contributed by atoms with van der Waals surface area (Å²) in [6.07, 6.45) is 0. The first-order chi connectivity index (χ1) is 7.39. The van der Waals surface area contributed by atoms with Crippen molar-refractivity contribution >= 4 is 67.4 Å². The lowest BCUT2D eigenvalue weighted by atomic mass is 10.3. The van der Waals surface area contributed by atoms with E-state index in [4.69, 9.17) is 39.4 Å². The van der Waals surface area contributed by atoms with Crippen LogP contribution in [0.15, 0.2) is 23.1 Å². The molecule has 0 aliphatic rings. The van der Waals surface area contributed by atoms with Crippen LogP contribution < -0.4 is 0 Å². The number of hydrogen-bond acceptors (Lipinski definition) is 3. The zero-order valence-electron chi connectivity index (χ0n) is 7.49. The second-order valence-corrected chi connectivity index (χ2v) is 7.12. The molecule has 0 saturated carbocycles. The van der Waals surface area contributed by atoms with E-state index in [-0.39, 0.29) is 9.90 Å². The molecule has 0 amide bonds. The number of hydrogen-bond donors (Lipinski definition) is 1. The Hall–Kier alpha value is 0.0900. The lowest BCUT2D eigenvalue weighted by Gasteiger charge is -2.04. The molecule has 1 atom stereocenters. The SMILES string of the molecule is O=S(O)c1cccc2sc(C(Cl)(Cl)Cl)nc12. The van der Waals surface area contributed by atoms with Gasteiger partial charge >= 0.3 is 0 Å². The van der Waals surface area contributed by atoms with Crippen LogP contribution in [0.1, 0.15) is 5.01 Å². The lowest BCUT2D eigenvalue weighted by Crippen LogP contribution is -1.98. The molecule has 2 rings (SSSR count). The third kappa shape index (κ3) is 2.34. The molecule has 2 aromatic rings. The Balaban J connectivity index is 2.71. The van der Waals surface area contributed by atoms with Crippen molar-refractivity contribution in [3.63, 3.8) is 0 Å². The summed E-state index contributed by atoms with van der Waals surface area (Å²) in [5.41, 5.74) is 0.398. The minimum atomic E-state index is -2.10.